The Hall–Kier alpha value is -2.09. The maximum atomic E-state index is 12.4. The van der Waals surface area contributed by atoms with Crippen LogP contribution in [0.15, 0.2) is 23.1 Å². The summed E-state index contributed by atoms with van der Waals surface area (Å²) in [5.41, 5.74) is 0.0439. The van der Waals surface area contributed by atoms with Crippen molar-refractivity contribution in [1.82, 2.24) is 4.90 Å². The normalized spacial score (nSPS) is 14.6. The van der Waals surface area contributed by atoms with Gasteiger partial charge in [0, 0.05) is 24.7 Å². The number of hydrogen-bond acceptors (Lipinski definition) is 5. The average molecular weight is 324 g/mol. The quantitative estimate of drug-likeness (QED) is 0.507. The molecule has 0 aliphatic carbocycles. The first-order valence-corrected chi connectivity index (χ1v) is 7.90. The van der Waals surface area contributed by atoms with Gasteiger partial charge >= 0.3 is 5.97 Å². The summed E-state index contributed by atoms with van der Waals surface area (Å²) < 4.78 is 0. The number of nitro benzene ring substituents is 1. The van der Waals surface area contributed by atoms with E-state index >= 15 is 0 Å². The molecule has 0 aromatic heterocycles. The lowest BCUT2D eigenvalue weighted by molar-refractivity contribution is -0.387. The minimum absolute atomic E-state index is 0.211. The van der Waals surface area contributed by atoms with Gasteiger partial charge in [-0.1, -0.05) is 0 Å². The molecule has 1 aliphatic rings. The molecule has 118 valence electrons. The topological polar surface area (TPSA) is 101 Å². The first-order chi connectivity index (χ1) is 10.5. The fourth-order valence-electron chi connectivity index (χ4n) is 2.33. The lowest BCUT2D eigenvalue weighted by Crippen LogP contribution is -2.35. The second-order valence-corrected chi connectivity index (χ2v) is 5.99. The maximum Gasteiger partial charge on any atom is 0.313 e. The fraction of sp³-hybridized carbons (Fsp3) is 0.429. The average Bonchev–Trinajstić information content (AvgIpc) is 2.52. The molecule has 1 amide bonds. The SMILES string of the molecule is O=C(O)CSc1ccc(C(=O)N2CCCCC2)cc1[N+](=O)[O-]. The van der Waals surface area contributed by atoms with Gasteiger partial charge in [-0.2, -0.15) is 0 Å². The molecule has 1 saturated heterocycles. The smallest absolute Gasteiger partial charge is 0.313 e. The number of likely N-dealkylation sites (tertiary alicyclic amines) is 1. The molecule has 1 aromatic rings. The van der Waals surface area contributed by atoms with Crippen molar-refractivity contribution in [3.8, 4) is 0 Å². The van der Waals surface area contributed by atoms with E-state index in [1.807, 2.05) is 0 Å². The van der Waals surface area contributed by atoms with Crippen molar-refractivity contribution >= 4 is 29.3 Å². The van der Waals surface area contributed by atoms with Crippen LogP contribution < -0.4 is 0 Å². The van der Waals surface area contributed by atoms with Crippen LogP contribution in [0.25, 0.3) is 0 Å². The summed E-state index contributed by atoms with van der Waals surface area (Å²) in [4.78, 5) is 35.4. The van der Waals surface area contributed by atoms with Crippen LogP contribution in [-0.2, 0) is 4.79 Å². The van der Waals surface area contributed by atoms with Crippen molar-refractivity contribution < 1.29 is 19.6 Å². The van der Waals surface area contributed by atoms with E-state index in [1.54, 1.807) is 4.90 Å². The molecule has 0 saturated carbocycles. The number of amides is 1. The highest BCUT2D eigenvalue weighted by Gasteiger charge is 2.22. The van der Waals surface area contributed by atoms with E-state index in [0.29, 0.717) is 13.1 Å². The summed E-state index contributed by atoms with van der Waals surface area (Å²) in [5.74, 6) is -1.52. The summed E-state index contributed by atoms with van der Waals surface area (Å²) >= 11 is 0.873. The molecule has 1 heterocycles. The number of nitro groups is 1. The highest BCUT2D eigenvalue weighted by molar-refractivity contribution is 8.00. The van der Waals surface area contributed by atoms with Gasteiger partial charge in [-0.15, -0.1) is 11.8 Å². The molecule has 8 heteroatoms. The number of carbonyl (C=O) groups excluding carboxylic acids is 1. The standard InChI is InChI=1S/C14H16N2O5S/c17-13(18)9-22-12-5-4-10(8-11(12)16(20)21)14(19)15-6-2-1-3-7-15/h4-5,8H,1-3,6-7,9H2,(H,17,18). The minimum atomic E-state index is -1.05. The van der Waals surface area contributed by atoms with Gasteiger partial charge in [0.15, 0.2) is 0 Å². The van der Waals surface area contributed by atoms with Crippen LogP contribution in [0, 0.1) is 10.1 Å². The van der Waals surface area contributed by atoms with Crippen LogP contribution in [0.5, 0.6) is 0 Å². The zero-order valence-corrected chi connectivity index (χ0v) is 12.7. The Kier molecular flexibility index (Phi) is 5.37. The molecule has 1 aliphatic heterocycles. The Morgan fingerprint density at radius 2 is 1.95 bits per heavy atom. The van der Waals surface area contributed by atoms with Gasteiger partial charge < -0.3 is 10.0 Å². The lowest BCUT2D eigenvalue weighted by Gasteiger charge is -2.26. The zero-order valence-electron chi connectivity index (χ0n) is 11.9. The molecule has 0 unspecified atom stereocenters. The number of aliphatic carboxylic acids is 1. The Bertz CT molecular complexity index is 599. The zero-order chi connectivity index (χ0) is 16.1. The number of rotatable bonds is 5. The Morgan fingerprint density at radius 3 is 2.55 bits per heavy atom. The van der Waals surface area contributed by atoms with Gasteiger partial charge in [-0.05, 0) is 31.4 Å². The second kappa shape index (κ2) is 7.26. The third kappa shape index (κ3) is 3.97. The first-order valence-electron chi connectivity index (χ1n) is 6.91. The number of thioether (sulfide) groups is 1. The number of nitrogens with zero attached hydrogens (tertiary/aromatic N) is 2. The highest BCUT2D eigenvalue weighted by Crippen LogP contribution is 2.30. The third-order valence-electron chi connectivity index (χ3n) is 3.40. The summed E-state index contributed by atoms with van der Waals surface area (Å²) in [6.07, 6.45) is 2.98. The molecule has 0 spiro atoms. The van der Waals surface area contributed by atoms with E-state index in [2.05, 4.69) is 0 Å². The predicted octanol–water partition coefficient (Wildman–Crippen LogP) is 2.40. The van der Waals surface area contributed by atoms with Crippen LogP contribution in [0.4, 0.5) is 5.69 Å². The molecule has 0 atom stereocenters. The number of carbonyl (C=O) groups is 2. The monoisotopic (exact) mass is 324 g/mol. The van der Waals surface area contributed by atoms with Crippen molar-refractivity contribution in [1.29, 1.82) is 0 Å². The molecule has 22 heavy (non-hydrogen) atoms. The Balaban J connectivity index is 2.22. The largest absolute Gasteiger partial charge is 0.481 e. The number of piperidine rings is 1. The van der Waals surface area contributed by atoms with E-state index in [4.69, 9.17) is 5.11 Å². The van der Waals surface area contributed by atoms with Gasteiger partial charge in [0.2, 0.25) is 0 Å². The predicted molar refractivity (Wildman–Crippen MR) is 81.2 cm³/mol. The Labute approximate surface area is 131 Å². The van der Waals surface area contributed by atoms with E-state index in [1.165, 1.54) is 18.2 Å². The number of benzene rings is 1. The van der Waals surface area contributed by atoms with Crippen molar-refractivity contribution in [2.24, 2.45) is 0 Å². The summed E-state index contributed by atoms with van der Waals surface area (Å²) in [6.45, 7) is 1.34. The van der Waals surface area contributed by atoms with Crippen LogP contribution in [-0.4, -0.2) is 45.6 Å². The Morgan fingerprint density at radius 1 is 1.27 bits per heavy atom. The van der Waals surface area contributed by atoms with Crippen LogP contribution in [0.3, 0.4) is 0 Å². The highest BCUT2D eigenvalue weighted by atomic mass is 32.2. The lowest BCUT2D eigenvalue weighted by atomic mass is 10.1. The first kappa shape index (κ1) is 16.3. The van der Waals surface area contributed by atoms with E-state index in [9.17, 15) is 19.7 Å². The van der Waals surface area contributed by atoms with Gasteiger partial charge in [0.25, 0.3) is 11.6 Å². The molecule has 7 nitrogen and oxygen atoms in total. The molecule has 1 fully saturated rings. The molecule has 1 aromatic carbocycles. The van der Waals surface area contributed by atoms with Crippen LogP contribution in [0.2, 0.25) is 0 Å². The van der Waals surface area contributed by atoms with Crippen molar-refractivity contribution in [3.05, 3.63) is 33.9 Å². The number of carboxylic acids is 1. The van der Waals surface area contributed by atoms with Gasteiger partial charge in [0.05, 0.1) is 15.6 Å². The van der Waals surface area contributed by atoms with Crippen molar-refractivity contribution in [2.75, 3.05) is 18.8 Å². The molecule has 0 radical (unpaired) electrons. The maximum absolute atomic E-state index is 12.4. The van der Waals surface area contributed by atoms with Gasteiger partial charge in [-0.25, -0.2) is 0 Å². The van der Waals surface area contributed by atoms with Crippen molar-refractivity contribution in [2.45, 2.75) is 24.2 Å². The number of hydrogen-bond donors (Lipinski definition) is 1. The summed E-state index contributed by atoms with van der Waals surface area (Å²) in [6, 6.07) is 4.21. The third-order valence-corrected chi connectivity index (χ3v) is 4.44. The van der Waals surface area contributed by atoms with Crippen LogP contribution in [0.1, 0.15) is 29.6 Å². The minimum Gasteiger partial charge on any atom is -0.481 e. The van der Waals surface area contributed by atoms with Gasteiger partial charge in [-0.3, -0.25) is 19.7 Å². The van der Waals surface area contributed by atoms with E-state index in [0.717, 1.165) is 31.0 Å². The van der Waals surface area contributed by atoms with E-state index < -0.39 is 10.9 Å². The molecule has 2 rings (SSSR count). The summed E-state index contributed by atoms with van der Waals surface area (Å²) in [7, 11) is 0. The fourth-order valence-corrected chi connectivity index (χ4v) is 3.06. The molecular formula is C14H16N2O5S. The second-order valence-electron chi connectivity index (χ2n) is 4.97. The molecular weight excluding hydrogens is 308 g/mol. The number of carboxylic acid groups (broad SMARTS) is 1. The van der Waals surface area contributed by atoms with Gasteiger partial charge in [0.1, 0.15) is 0 Å². The van der Waals surface area contributed by atoms with Crippen molar-refractivity contribution in [3.63, 3.8) is 0 Å². The summed E-state index contributed by atoms with van der Waals surface area (Å²) in [5, 5.41) is 19.8. The molecule has 1 N–H and O–H groups in total. The van der Waals surface area contributed by atoms with E-state index in [-0.39, 0.29) is 27.8 Å². The van der Waals surface area contributed by atoms with Crippen LogP contribution >= 0.6 is 11.8 Å². The molecule has 0 bridgehead atoms.